The number of amides is 1. The molecule has 12 heteroatoms. The summed E-state index contributed by atoms with van der Waals surface area (Å²) >= 11 is 6.98. The Labute approximate surface area is 254 Å². The average Bonchev–Trinajstić information content (AvgIpc) is 3.78. The summed E-state index contributed by atoms with van der Waals surface area (Å²) in [6.07, 6.45) is 5.59. The van der Waals surface area contributed by atoms with E-state index >= 15 is 0 Å². The van der Waals surface area contributed by atoms with Crippen molar-refractivity contribution in [1.29, 1.82) is 0 Å². The first kappa shape index (κ1) is 29.3. The molecule has 2 aliphatic rings. The summed E-state index contributed by atoms with van der Waals surface area (Å²) in [5.41, 5.74) is 4.23. The van der Waals surface area contributed by atoms with Crippen LogP contribution in [0.25, 0.3) is 27.9 Å². The predicted molar refractivity (Wildman–Crippen MR) is 164 cm³/mol. The van der Waals surface area contributed by atoms with Gasteiger partial charge in [0, 0.05) is 74.2 Å². The zero-order chi connectivity index (χ0) is 29.9. The summed E-state index contributed by atoms with van der Waals surface area (Å²) in [5, 5.41) is 15.0. The number of fused-ring (bicyclic) bond motifs is 1. The van der Waals surface area contributed by atoms with Gasteiger partial charge in [-0.3, -0.25) is 14.2 Å². The van der Waals surface area contributed by atoms with Crippen molar-refractivity contribution < 1.29 is 14.3 Å². The molecule has 3 aromatic heterocycles. The highest BCUT2D eigenvalue weighted by atomic mass is 35.5. The van der Waals surface area contributed by atoms with Crippen molar-refractivity contribution >= 4 is 23.0 Å². The lowest BCUT2D eigenvalue weighted by Crippen LogP contribution is -2.35. The second kappa shape index (κ2) is 12.8. The van der Waals surface area contributed by atoms with Gasteiger partial charge in [0.2, 0.25) is 11.8 Å². The van der Waals surface area contributed by atoms with Crippen molar-refractivity contribution in [2.45, 2.75) is 50.9 Å². The molecule has 1 amide bonds. The molecule has 0 radical (unpaired) electrons. The van der Waals surface area contributed by atoms with Gasteiger partial charge in [0.25, 0.3) is 5.56 Å². The molecule has 3 N–H and O–H groups in total. The van der Waals surface area contributed by atoms with Gasteiger partial charge in [0.1, 0.15) is 11.3 Å². The van der Waals surface area contributed by atoms with E-state index in [2.05, 4.69) is 16.0 Å². The van der Waals surface area contributed by atoms with E-state index in [1.165, 1.54) is 0 Å². The maximum absolute atomic E-state index is 13.2. The average molecular weight is 606 g/mol. The van der Waals surface area contributed by atoms with Crippen LogP contribution in [0.2, 0.25) is 5.02 Å². The number of methoxy groups -OCH3 is 1. The third-order valence-electron chi connectivity index (χ3n) is 8.12. The summed E-state index contributed by atoms with van der Waals surface area (Å²) in [6.45, 7) is 3.23. The number of rotatable bonds is 11. The molecule has 2 aliphatic heterocycles. The van der Waals surface area contributed by atoms with Gasteiger partial charge in [0.05, 0.1) is 30.5 Å². The number of benzene rings is 1. The maximum Gasteiger partial charge on any atom is 0.277 e. The van der Waals surface area contributed by atoms with Crippen LogP contribution in [0.15, 0.2) is 47.4 Å². The monoisotopic (exact) mass is 605 g/mol. The van der Waals surface area contributed by atoms with Gasteiger partial charge >= 0.3 is 0 Å². The lowest BCUT2D eigenvalue weighted by molar-refractivity contribution is -0.119. The SMILES string of the molecule is COc1nc(-c2cccc(-c3cc4c(=O)n(C)c(CNC[C@@H]5CCCO5)nn4c3)c2Cl)ccc1CNC[C@@H]1CCC(=O)N1. The summed E-state index contributed by atoms with van der Waals surface area (Å²) in [7, 11) is 3.33. The molecule has 11 nitrogen and oxygen atoms in total. The largest absolute Gasteiger partial charge is 0.481 e. The van der Waals surface area contributed by atoms with Crippen molar-refractivity contribution in [3.8, 4) is 28.3 Å². The molecule has 0 bridgehead atoms. The minimum absolute atomic E-state index is 0.101. The second-order valence-electron chi connectivity index (χ2n) is 11.1. The van der Waals surface area contributed by atoms with Gasteiger partial charge in [-0.05, 0) is 31.4 Å². The van der Waals surface area contributed by atoms with Crippen LogP contribution in [0.4, 0.5) is 0 Å². The standard InChI is InChI=1S/C31H36ClN7O4/c1-38-27(17-34-16-22-5-4-12-43-22)37-39-18-20(13-26(39)31(38)41)23-6-3-7-24(29(23)32)25-10-8-19(30(36-25)42-2)14-33-15-21-9-11-28(40)35-21/h3,6-8,10,13,18,21-22,33-34H,4-5,9,11-12,14-17H2,1-2H3,(H,35,40)/t21-,22-/m0/s1. The molecule has 0 aliphatic carbocycles. The first-order chi connectivity index (χ1) is 20.9. The van der Waals surface area contributed by atoms with E-state index in [1.807, 2.05) is 42.6 Å². The van der Waals surface area contributed by atoms with Gasteiger partial charge in [-0.2, -0.15) is 5.10 Å². The Morgan fingerprint density at radius 3 is 2.72 bits per heavy atom. The molecule has 0 unspecified atom stereocenters. The molecule has 43 heavy (non-hydrogen) atoms. The van der Waals surface area contributed by atoms with Crippen LogP contribution < -0.4 is 26.2 Å². The fourth-order valence-electron chi connectivity index (χ4n) is 5.72. The summed E-state index contributed by atoms with van der Waals surface area (Å²) in [6, 6.07) is 11.6. The minimum Gasteiger partial charge on any atom is -0.481 e. The molecule has 0 spiro atoms. The smallest absolute Gasteiger partial charge is 0.277 e. The van der Waals surface area contributed by atoms with Crippen LogP contribution in [-0.2, 0) is 29.7 Å². The molecule has 4 aromatic rings. The van der Waals surface area contributed by atoms with E-state index in [1.54, 1.807) is 23.2 Å². The quantitative estimate of drug-likeness (QED) is 0.238. The Balaban J connectivity index is 1.21. The van der Waals surface area contributed by atoms with Crippen LogP contribution in [0.1, 0.15) is 37.1 Å². The fraction of sp³-hybridized carbons (Fsp3) is 0.419. The van der Waals surface area contributed by atoms with Crippen molar-refractivity contribution in [3.63, 3.8) is 0 Å². The third kappa shape index (κ3) is 6.30. The molecule has 2 fully saturated rings. The van der Waals surface area contributed by atoms with Gasteiger partial charge in [-0.15, -0.1) is 0 Å². The molecule has 6 rings (SSSR count). The summed E-state index contributed by atoms with van der Waals surface area (Å²) in [4.78, 5) is 29.4. The number of halogens is 1. The zero-order valence-corrected chi connectivity index (χ0v) is 25.1. The first-order valence-corrected chi connectivity index (χ1v) is 15.0. The molecular formula is C31H36ClN7O4. The van der Waals surface area contributed by atoms with Crippen molar-refractivity contribution in [2.75, 3.05) is 26.8 Å². The number of hydrogen-bond donors (Lipinski definition) is 3. The number of nitrogens with zero attached hydrogens (tertiary/aromatic N) is 4. The Kier molecular flexibility index (Phi) is 8.75. The van der Waals surface area contributed by atoms with E-state index < -0.39 is 0 Å². The molecule has 2 atom stereocenters. The Bertz CT molecular complexity index is 1700. The summed E-state index contributed by atoms with van der Waals surface area (Å²) < 4.78 is 14.5. The molecular weight excluding hydrogens is 570 g/mol. The molecule has 226 valence electrons. The molecule has 5 heterocycles. The Hall–Kier alpha value is -3.77. The second-order valence-corrected chi connectivity index (χ2v) is 11.4. The molecule has 0 saturated carbocycles. The highest BCUT2D eigenvalue weighted by Crippen LogP contribution is 2.37. The van der Waals surface area contributed by atoms with E-state index in [0.29, 0.717) is 54.0 Å². The highest BCUT2D eigenvalue weighted by Gasteiger charge is 2.21. The number of carbonyl (C=O) groups excluding carboxylic acids is 1. The van der Waals surface area contributed by atoms with Gasteiger partial charge in [-0.1, -0.05) is 35.9 Å². The van der Waals surface area contributed by atoms with Gasteiger partial charge in [0.15, 0.2) is 0 Å². The van der Waals surface area contributed by atoms with Crippen LogP contribution in [-0.4, -0.2) is 64.0 Å². The molecule has 1 aromatic carbocycles. The lowest BCUT2D eigenvalue weighted by atomic mass is 10.0. The fourth-order valence-corrected chi connectivity index (χ4v) is 6.05. The van der Waals surface area contributed by atoms with E-state index in [9.17, 15) is 9.59 Å². The van der Waals surface area contributed by atoms with Crippen molar-refractivity contribution in [1.82, 2.24) is 35.1 Å². The third-order valence-corrected chi connectivity index (χ3v) is 8.53. The summed E-state index contributed by atoms with van der Waals surface area (Å²) in [5.74, 6) is 1.24. The van der Waals surface area contributed by atoms with Gasteiger partial charge < -0.3 is 25.4 Å². The topological polar surface area (TPSA) is 124 Å². The van der Waals surface area contributed by atoms with Crippen LogP contribution in [0.3, 0.4) is 0 Å². The lowest BCUT2D eigenvalue weighted by Gasteiger charge is -2.14. The van der Waals surface area contributed by atoms with Crippen LogP contribution >= 0.6 is 11.6 Å². The number of pyridine rings is 1. The minimum atomic E-state index is -0.131. The normalized spacial score (nSPS) is 18.4. The number of carbonyl (C=O) groups is 1. The number of aromatic nitrogens is 4. The zero-order valence-electron chi connectivity index (χ0n) is 24.4. The number of nitrogens with one attached hydrogen (secondary N) is 3. The maximum atomic E-state index is 13.2. The first-order valence-electron chi connectivity index (χ1n) is 14.6. The molecule has 2 saturated heterocycles. The Morgan fingerprint density at radius 2 is 1.95 bits per heavy atom. The Morgan fingerprint density at radius 1 is 1.12 bits per heavy atom. The van der Waals surface area contributed by atoms with Crippen LogP contribution in [0, 0.1) is 0 Å². The van der Waals surface area contributed by atoms with E-state index in [-0.39, 0.29) is 23.6 Å². The van der Waals surface area contributed by atoms with Gasteiger partial charge in [-0.25, -0.2) is 9.50 Å². The van der Waals surface area contributed by atoms with Crippen LogP contribution in [0.5, 0.6) is 5.88 Å². The highest BCUT2D eigenvalue weighted by molar-refractivity contribution is 6.36. The van der Waals surface area contributed by atoms with E-state index in [0.717, 1.165) is 54.7 Å². The number of hydrogen-bond acceptors (Lipinski definition) is 8. The predicted octanol–water partition coefficient (Wildman–Crippen LogP) is 3.06. The van der Waals surface area contributed by atoms with Crippen molar-refractivity contribution in [3.05, 3.63) is 69.4 Å². The van der Waals surface area contributed by atoms with Crippen molar-refractivity contribution in [2.24, 2.45) is 7.05 Å². The van der Waals surface area contributed by atoms with E-state index in [4.69, 9.17) is 31.2 Å². The number of ether oxygens (including phenoxy) is 2.